The van der Waals surface area contributed by atoms with Gasteiger partial charge in [0.1, 0.15) is 17.3 Å². The van der Waals surface area contributed by atoms with E-state index in [1.807, 2.05) is 38.4 Å². The number of aromatic hydroxyl groups is 1. The van der Waals surface area contributed by atoms with Crippen molar-refractivity contribution in [3.05, 3.63) is 47.9 Å². The Morgan fingerprint density at radius 3 is 2.71 bits per heavy atom. The van der Waals surface area contributed by atoms with Gasteiger partial charge >= 0.3 is 0 Å². The van der Waals surface area contributed by atoms with Crippen LogP contribution in [-0.4, -0.2) is 37.8 Å². The van der Waals surface area contributed by atoms with E-state index < -0.39 is 0 Å². The predicted molar refractivity (Wildman–Crippen MR) is 81.5 cm³/mol. The van der Waals surface area contributed by atoms with Crippen LogP contribution in [0, 0.1) is 0 Å². The summed E-state index contributed by atoms with van der Waals surface area (Å²) < 4.78 is 10.5. The van der Waals surface area contributed by atoms with Crippen molar-refractivity contribution >= 4 is 0 Å². The first-order valence-corrected chi connectivity index (χ1v) is 6.88. The van der Waals surface area contributed by atoms with Crippen molar-refractivity contribution in [2.75, 3.05) is 27.7 Å². The molecular formula is C16H22N2O3. The number of phenolic OH excluding ortho intramolecular Hbond substituents is 1. The third kappa shape index (κ3) is 4.00. The zero-order chi connectivity index (χ0) is 15.2. The highest BCUT2D eigenvalue weighted by Gasteiger charge is 2.16. The number of furan rings is 1. The fourth-order valence-corrected chi connectivity index (χ4v) is 2.18. The largest absolute Gasteiger partial charge is 0.507 e. The molecule has 0 aliphatic rings. The van der Waals surface area contributed by atoms with Gasteiger partial charge in [-0.25, -0.2) is 0 Å². The fourth-order valence-electron chi connectivity index (χ4n) is 2.18. The molecule has 21 heavy (non-hydrogen) atoms. The van der Waals surface area contributed by atoms with Crippen LogP contribution in [0.25, 0.3) is 0 Å². The number of phenols is 1. The van der Waals surface area contributed by atoms with E-state index >= 15 is 0 Å². The molecule has 0 fully saturated rings. The minimum Gasteiger partial charge on any atom is -0.507 e. The van der Waals surface area contributed by atoms with Crippen LogP contribution >= 0.6 is 0 Å². The Kier molecular flexibility index (Phi) is 5.25. The molecule has 2 N–H and O–H groups in total. The van der Waals surface area contributed by atoms with Crippen LogP contribution in [-0.2, 0) is 6.54 Å². The van der Waals surface area contributed by atoms with Gasteiger partial charge in [-0.2, -0.15) is 0 Å². The zero-order valence-corrected chi connectivity index (χ0v) is 12.7. The number of nitrogens with one attached hydrogen (secondary N) is 1. The lowest BCUT2D eigenvalue weighted by Crippen LogP contribution is -2.30. The van der Waals surface area contributed by atoms with Crippen LogP contribution in [0.5, 0.6) is 11.5 Å². The molecule has 0 radical (unpaired) electrons. The van der Waals surface area contributed by atoms with Crippen molar-refractivity contribution in [1.29, 1.82) is 0 Å². The SMILES string of the molecule is COc1ccc(CNCC(c2ccco2)N(C)C)c(O)c1. The molecule has 114 valence electrons. The lowest BCUT2D eigenvalue weighted by atomic mass is 10.1. The second-order valence-corrected chi connectivity index (χ2v) is 5.12. The minimum atomic E-state index is 0.153. The molecule has 1 heterocycles. The Bertz CT molecular complexity index is 553. The van der Waals surface area contributed by atoms with Gasteiger partial charge in [0.05, 0.1) is 19.4 Å². The second-order valence-electron chi connectivity index (χ2n) is 5.12. The van der Waals surface area contributed by atoms with Gasteiger partial charge in [-0.3, -0.25) is 4.90 Å². The van der Waals surface area contributed by atoms with Gasteiger partial charge < -0.3 is 19.6 Å². The summed E-state index contributed by atoms with van der Waals surface area (Å²) in [5, 5.41) is 13.3. The van der Waals surface area contributed by atoms with Gasteiger partial charge in [0.25, 0.3) is 0 Å². The molecule has 0 aliphatic carbocycles. The number of methoxy groups -OCH3 is 1. The summed E-state index contributed by atoms with van der Waals surface area (Å²) in [6.07, 6.45) is 1.68. The highest BCUT2D eigenvalue weighted by Crippen LogP contribution is 2.23. The molecule has 0 bridgehead atoms. The molecule has 2 aromatic rings. The molecule has 0 saturated carbocycles. The van der Waals surface area contributed by atoms with E-state index in [2.05, 4.69) is 10.2 Å². The van der Waals surface area contributed by atoms with Crippen molar-refractivity contribution in [2.45, 2.75) is 12.6 Å². The molecule has 0 spiro atoms. The lowest BCUT2D eigenvalue weighted by Gasteiger charge is -2.22. The third-order valence-electron chi connectivity index (χ3n) is 3.44. The number of likely N-dealkylation sites (N-methyl/N-ethyl adjacent to an activating group) is 1. The second kappa shape index (κ2) is 7.15. The van der Waals surface area contributed by atoms with Crippen LogP contribution in [0.3, 0.4) is 0 Å². The third-order valence-corrected chi connectivity index (χ3v) is 3.44. The summed E-state index contributed by atoms with van der Waals surface area (Å²) in [6, 6.07) is 9.33. The van der Waals surface area contributed by atoms with E-state index in [9.17, 15) is 5.11 Å². The van der Waals surface area contributed by atoms with E-state index in [1.165, 1.54) is 0 Å². The lowest BCUT2D eigenvalue weighted by molar-refractivity contribution is 0.250. The smallest absolute Gasteiger partial charge is 0.123 e. The maximum absolute atomic E-state index is 9.93. The Morgan fingerprint density at radius 2 is 2.14 bits per heavy atom. The van der Waals surface area contributed by atoms with Crippen molar-refractivity contribution in [3.63, 3.8) is 0 Å². The van der Waals surface area contributed by atoms with Gasteiger partial charge in [-0.05, 0) is 32.3 Å². The topological polar surface area (TPSA) is 57.9 Å². The maximum atomic E-state index is 9.93. The molecule has 1 aromatic heterocycles. The first-order chi connectivity index (χ1) is 10.1. The Labute approximate surface area is 125 Å². The quantitative estimate of drug-likeness (QED) is 0.820. The summed E-state index contributed by atoms with van der Waals surface area (Å²) >= 11 is 0. The van der Waals surface area contributed by atoms with Gasteiger partial charge in [0.15, 0.2) is 0 Å². The maximum Gasteiger partial charge on any atom is 0.123 e. The molecule has 1 aromatic carbocycles. The molecular weight excluding hydrogens is 268 g/mol. The summed E-state index contributed by atoms with van der Waals surface area (Å²) in [5.41, 5.74) is 0.841. The number of rotatable bonds is 7. The van der Waals surface area contributed by atoms with Crippen molar-refractivity contribution in [1.82, 2.24) is 10.2 Å². The van der Waals surface area contributed by atoms with E-state index in [1.54, 1.807) is 19.4 Å². The van der Waals surface area contributed by atoms with Crippen LogP contribution in [0.2, 0.25) is 0 Å². The standard InChI is InChI=1S/C16H22N2O3/c1-18(2)14(16-5-4-8-21-16)11-17-10-12-6-7-13(20-3)9-15(12)19/h4-9,14,17,19H,10-11H2,1-3H3. The summed E-state index contributed by atoms with van der Waals surface area (Å²) in [6.45, 7) is 1.31. The molecule has 1 unspecified atom stereocenters. The Balaban J connectivity index is 1.93. The predicted octanol–water partition coefficient (Wildman–Crippen LogP) is 2.39. The van der Waals surface area contributed by atoms with Gasteiger partial charge in [0, 0.05) is 24.7 Å². The average Bonchev–Trinajstić information content (AvgIpc) is 2.98. The number of nitrogens with zero attached hydrogens (tertiary/aromatic N) is 1. The van der Waals surface area contributed by atoms with E-state index in [0.717, 1.165) is 17.9 Å². The number of hydrogen-bond donors (Lipinski definition) is 2. The Morgan fingerprint density at radius 1 is 1.33 bits per heavy atom. The minimum absolute atomic E-state index is 0.153. The fraction of sp³-hybridized carbons (Fsp3) is 0.375. The van der Waals surface area contributed by atoms with Crippen LogP contribution in [0.4, 0.5) is 0 Å². The molecule has 5 heteroatoms. The van der Waals surface area contributed by atoms with Crippen LogP contribution < -0.4 is 10.1 Å². The van der Waals surface area contributed by atoms with Gasteiger partial charge in [-0.15, -0.1) is 0 Å². The van der Waals surface area contributed by atoms with Gasteiger partial charge in [0.2, 0.25) is 0 Å². The molecule has 0 amide bonds. The highest BCUT2D eigenvalue weighted by atomic mass is 16.5. The molecule has 0 aliphatic heterocycles. The first-order valence-electron chi connectivity index (χ1n) is 6.88. The Hall–Kier alpha value is -1.98. The molecule has 2 rings (SSSR count). The summed E-state index contributed by atoms with van der Waals surface area (Å²) in [5.74, 6) is 1.81. The molecule has 5 nitrogen and oxygen atoms in total. The monoisotopic (exact) mass is 290 g/mol. The van der Waals surface area contributed by atoms with Crippen molar-refractivity contribution in [3.8, 4) is 11.5 Å². The van der Waals surface area contributed by atoms with Crippen molar-refractivity contribution < 1.29 is 14.3 Å². The zero-order valence-electron chi connectivity index (χ0n) is 12.7. The molecule has 1 atom stereocenters. The first kappa shape index (κ1) is 15.4. The van der Waals surface area contributed by atoms with Crippen LogP contribution in [0.15, 0.2) is 41.0 Å². The highest BCUT2D eigenvalue weighted by molar-refractivity contribution is 5.39. The normalized spacial score (nSPS) is 12.6. The summed E-state index contributed by atoms with van der Waals surface area (Å²) in [7, 11) is 5.61. The van der Waals surface area contributed by atoms with E-state index in [0.29, 0.717) is 12.3 Å². The van der Waals surface area contributed by atoms with E-state index in [4.69, 9.17) is 9.15 Å². The van der Waals surface area contributed by atoms with Crippen molar-refractivity contribution in [2.24, 2.45) is 0 Å². The molecule has 0 saturated heterocycles. The van der Waals surface area contributed by atoms with Gasteiger partial charge in [-0.1, -0.05) is 6.07 Å². The van der Waals surface area contributed by atoms with E-state index in [-0.39, 0.29) is 11.8 Å². The number of ether oxygens (including phenoxy) is 1. The number of hydrogen-bond acceptors (Lipinski definition) is 5. The summed E-state index contributed by atoms with van der Waals surface area (Å²) in [4.78, 5) is 2.10. The van der Waals surface area contributed by atoms with Crippen LogP contribution in [0.1, 0.15) is 17.4 Å². The number of benzene rings is 1. The average molecular weight is 290 g/mol.